The summed E-state index contributed by atoms with van der Waals surface area (Å²) in [5.41, 5.74) is 1.21. The van der Waals surface area contributed by atoms with Crippen molar-refractivity contribution in [2.24, 2.45) is 0 Å². The quantitative estimate of drug-likeness (QED) is 0.800. The fraction of sp³-hybridized carbons (Fsp3) is 0.611. The van der Waals surface area contributed by atoms with Crippen molar-refractivity contribution in [3.05, 3.63) is 29.3 Å². The van der Waals surface area contributed by atoms with Gasteiger partial charge in [0.25, 0.3) is 5.91 Å². The molecule has 1 saturated heterocycles. The first-order valence-electron chi connectivity index (χ1n) is 8.76. The Labute approximate surface area is 150 Å². The van der Waals surface area contributed by atoms with Gasteiger partial charge >= 0.3 is 0 Å². The molecule has 1 fully saturated rings. The van der Waals surface area contributed by atoms with Crippen molar-refractivity contribution < 1.29 is 17.9 Å². The van der Waals surface area contributed by atoms with Crippen LogP contribution in [0.2, 0.25) is 0 Å². The van der Waals surface area contributed by atoms with E-state index in [2.05, 4.69) is 0 Å². The van der Waals surface area contributed by atoms with E-state index in [1.807, 2.05) is 20.8 Å². The first-order valence-corrected chi connectivity index (χ1v) is 10.2. The highest BCUT2D eigenvalue weighted by Gasteiger charge is 2.29. The molecule has 25 heavy (non-hydrogen) atoms. The lowest BCUT2D eigenvalue weighted by atomic mass is 10.1. The van der Waals surface area contributed by atoms with Crippen LogP contribution in [0, 0.1) is 6.92 Å². The number of aryl methyl sites for hydroxylation is 1. The zero-order valence-electron chi connectivity index (χ0n) is 15.7. The third-order valence-electron chi connectivity index (χ3n) is 4.49. The summed E-state index contributed by atoms with van der Waals surface area (Å²) in [6.45, 7) is 11.1. The van der Waals surface area contributed by atoms with Gasteiger partial charge in [-0.1, -0.05) is 19.9 Å². The molecule has 2 rings (SSSR count). The normalized spacial score (nSPS) is 21.6. The van der Waals surface area contributed by atoms with Crippen LogP contribution < -0.4 is 0 Å². The molecule has 7 heteroatoms. The van der Waals surface area contributed by atoms with Gasteiger partial charge in [-0.2, -0.15) is 4.31 Å². The maximum Gasteiger partial charge on any atom is 0.254 e. The lowest BCUT2D eigenvalue weighted by molar-refractivity contribution is -0.0586. The fourth-order valence-corrected chi connectivity index (χ4v) is 4.70. The van der Waals surface area contributed by atoms with Gasteiger partial charge in [-0.3, -0.25) is 4.79 Å². The van der Waals surface area contributed by atoms with Crippen LogP contribution in [0.1, 0.15) is 43.6 Å². The standard InChI is InChI=1S/C18H28N2O4S/c1-6-20(7-2)25(22,23)16-9-8-13(3)17(10-16)18(21)19-11-14(4)24-15(5)12-19/h8-10,14-15H,6-7,11-12H2,1-5H3. The minimum Gasteiger partial charge on any atom is -0.372 e. The molecular weight excluding hydrogens is 340 g/mol. The van der Waals surface area contributed by atoms with E-state index in [9.17, 15) is 13.2 Å². The molecule has 6 nitrogen and oxygen atoms in total. The number of rotatable bonds is 5. The van der Waals surface area contributed by atoms with Crippen molar-refractivity contribution in [3.63, 3.8) is 0 Å². The smallest absolute Gasteiger partial charge is 0.254 e. The van der Waals surface area contributed by atoms with Gasteiger partial charge in [-0.05, 0) is 38.5 Å². The number of carbonyl (C=O) groups excluding carboxylic acids is 1. The maximum absolute atomic E-state index is 13.0. The molecule has 0 radical (unpaired) electrons. The van der Waals surface area contributed by atoms with Crippen LogP contribution in [0.5, 0.6) is 0 Å². The van der Waals surface area contributed by atoms with E-state index in [0.717, 1.165) is 5.56 Å². The summed E-state index contributed by atoms with van der Waals surface area (Å²) in [5, 5.41) is 0. The van der Waals surface area contributed by atoms with Gasteiger partial charge in [-0.15, -0.1) is 0 Å². The van der Waals surface area contributed by atoms with E-state index in [1.54, 1.807) is 30.9 Å². The average molecular weight is 368 g/mol. The van der Waals surface area contributed by atoms with Crippen molar-refractivity contribution in [1.82, 2.24) is 9.21 Å². The summed E-state index contributed by atoms with van der Waals surface area (Å²) >= 11 is 0. The van der Waals surface area contributed by atoms with Gasteiger partial charge in [-0.25, -0.2) is 8.42 Å². The van der Waals surface area contributed by atoms with Crippen LogP contribution in [0.4, 0.5) is 0 Å². The van der Waals surface area contributed by atoms with Gasteiger partial charge in [0.1, 0.15) is 0 Å². The van der Waals surface area contributed by atoms with Crippen LogP contribution >= 0.6 is 0 Å². The number of hydrogen-bond acceptors (Lipinski definition) is 4. The SMILES string of the molecule is CCN(CC)S(=O)(=O)c1ccc(C)c(C(=O)N2CC(C)OC(C)C2)c1. The molecule has 1 amide bonds. The Hall–Kier alpha value is -1.44. The van der Waals surface area contributed by atoms with Crippen molar-refractivity contribution in [2.75, 3.05) is 26.2 Å². The molecule has 1 heterocycles. The van der Waals surface area contributed by atoms with Crippen LogP contribution in [-0.4, -0.2) is 61.9 Å². The summed E-state index contributed by atoms with van der Waals surface area (Å²) in [6.07, 6.45) is -0.0637. The zero-order valence-corrected chi connectivity index (χ0v) is 16.5. The highest BCUT2D eigenvalue weighted by atomic mass is 32.2. The highest BCUT2D eigenvalue weighted by molar-refractivity contribution is 7.89. The number of sulfonamides is 1. The van der Waals surface area contributed by atoms with E-state index in [-0.39, 0.29) is 23.0 Å². The van der Waals surface area contributed by atoms with Gasteiger partial charge in [0.15, 0.2) is 0 Å². The van der Waals surface area contributed by atoms with Crippen LogP contribution in [0.25, 0.3) is 0 Å². The molecule has 2 atom stereocenters. The molecule has 0 aromatic heterocycles. The highest BCUT2D eigenvalue weighted by Crippen LogP contribution is 2.22. The lowest BCUT2D eigenvalue weighted by Crippen LogP contribution is -2.48. The maximum atomic E-state index is 13.0. The molecule has 0 N–H and O–H groups in total. The minimum atomic E-state index is -3.59. The Kier molecular flexibility index (Phi) is 6.24. The molecule has 0 spiro atoms. The molecule has 0 bridgehead atoms. The molecule has 1 aromatic rings. The van der Waals surface area contributed by atoms with Crippen molar-refractivity contribution in [3.8, 4) is 0 Å². The summed E-state index contributed by atoms with van der Waals surface area (Å²) < 4.78 is 32.6. The van der Waals surface area contributed by atoms with E-state index >= 15 is 0 Å². The van der Waals surface area contributed by atoms with E-state index in [1.165, 1.54) is 10.4 Å². The molecular formula is C18H28N2O4S. The summed E-state index contributed by atoms with van der Waals surface area (Å²) in [6, 6.07) is 4.79. The monoisotopic (exact) mass is 368 g/mol. The Morgan fingerprint density at radius 3 is 2.28 bits per heavy atom. The Morgan fingerprint density at radius 1 is 1.20 bits per heavy atom. The predicted molar refractivity (Wildman–Crippen MR) is 97.2 cm³/mol. The molecule has 1 aromatic carbocycles. The molecule has 2 unspecified atom stereocenters. The van der Waals surface area contributed by atoms with Crippen molar-refractivity contribution in [1.29, 1.82) is 0 Å². The number of carbonyl (C=O) groups is 1. The van der Waals surface area contributed by atoms with Gasteiger partial charge < -0.3 is 9.64 Å². The minimum absolute atomic E-state index is 0.0319. The third kappa shape index (κ3) is 4.22. The third-order valence-corrected chi connectivity index (χ3v) is 6.54. The number of ether oxygens (including phenoxy) is 1. The number of benzene rings is 1. The number of amides is 1. The molecule has 140 valence electrons. The second-order valence-electron chi connectivity index (χ2n) is 6.53. The number of morpholine rings is 1. The van der Waals surface area contributed by atoms with Gasteiger partial charge in [0.05, 0.1) is 17.1 Å². The molecule has 1 aliphatic rings. The van der Waals surface area contributed by atoms with Crippen LogP contribution in [0.15, 0.2) is 23.1 Å². The predicted octanol–water partition coefficient (Wildman–Crippen LogP) is 2.27. The average Bonchev–Trinajstić information content (AvgIpc) is 2.54. The topological polar surface area (TPSA) is 66.9 Å². The number of nitrogens with zero attached hydrogens (tertiary/aromatic N) is 2. The lowest BCUT2D eigenvalue weighted by Gasteiger charge is -2.35. The van der Waals surface area contributed by atoms with Crippen LogP contribution in [0.3, 0.4) is 0 Å². The van der Waals surface area contributed by atoms with Crippen molar-refractivity contribution in [2.45, 2.75) is 51.7 Å². The van der Waals surface area contributed by atoms with Gasteiger partial charge in [0, 0.05) is 31.7 Å². The number of hydrogen-bond donors (Lipinski definition) is 0. The summed E-state index contributed by atoms with van der Waals surface area (Å²) in [5.74, 6) is -0.143. The molecule has 0 aliphatic carbocycles. The zero-order chi connectivity index (χ0) is 18.8. The van der Waals surface area contributed by atoms with Gasteiger partial charge in [0.2, 0.25) is 10.0 Å². The van der Waals surface area contributed by atoms with E-state index in [4.69, 9.17) is 4.74 Å². The van der Waals surface area contributed by atoms with Crippen molar-refractivity contribution >= 4 is 15.9 Å². The molecule has 1 aliphatic heterocycles. The first-order chi connectivity index (χ1) is 11.7. The second kappa shape index (κ2) is 7.85. The van der Waals surface area contributed by atoms with Crippen LogP contribution in [-0.2, 0) is 14.8 Å². The Bertz CT molecular complexity index is 719. The Balaban J connectivity index is 2.38. The molecule has 0 saturated carbocycles. The largest absolute Gasteiger partial charge is 0.372 e. The summed E-state index contributed by atoms with van der Waals surface area (Å²) in [7, 11) is -3.59. The van der Waals surface area contributed by atoms with E-state index < -0.39 is 10.0 Å². The summed E-state index contributed by atoms with van der Waals surface area (Å²) in [4.78, 5) is 14.9. The fourth-order valence-electron chi connectivity index (χ4n) is 3.22. The van der Waals surface area contributed by atoms with E-state index in [0.29, 0.717) is 31.7 Å². The second-order valence-corrected chi connectivity index (χ2v) is 8.47. The Morgan fingerprint density at radius 2 is 1.76 bits per heavy atom. The first kappa shape index (κ1) is 19.9.